The van der Waals surface area contributed by atoms with Gasteiger partial charge in [0.2, 0.25) is 0 Å². The molecular formula is C25H31N3O4. The molecule has 170 valence electrons. The quantitative estimate of drug-likeness (QED) is 0.440. The third-order valence-electron chi connectivity index (χ3n) is 5.95. The summed E-state index contributed by atoms with van der Waals surface area (Å²) in [5.41, 5.74) is 3.35. The number of amides is 2. The van der Waals surface area contributed by atoms with E-state index < -0.39 is 0 Å². The van der Waals surface area contributed by atoms with Crippen LogP contribution in [-0.2, 0) is 4.74 Å². The molecule has 0 unspecified atom stereocenters. The highest BCUT2D eigenvalue weighted by Crippen LogP contribution is 2.40. The van der Waals surface area contributed by atoms with Crippen LogP contribution in [0.2, 0.25) is 0 Å². The molecule has 0 aromatic heterocycles. The normalized spacial score (nSPS) is 15.2. The van der Waals surface area contributed by atoms with Crippen molar-refractivity contribution in [3.05, 3.63) is 53.6 Å². The highest BCUT2D eigenvalue weighted by molar-refractivity contribution is 6.21. The first kappa shape index (κ1) is 22.1. The van der Waals surface area contributed by atoms with Gasteiger partial charge in [-0.15, -0.1) is 0 Å². The van der Waals surface area contributed by atoms with Crippen molar-refractivity contribution in [1.82, 2.24) is 4.90 Å². The molecule has 0 bridgehead atoms. The van der Waals surface area contributed by atoms with Gasteiger partial charge in [-0.3, -0.25) is 14.5 Å². The number of nitrogens with zero attached hydrogens (tertiary/aromatic N) is 3. The van der Waals surface area contributed by atoms with E-state index in [1.165, 1.54) is 16.3 Å². The van der Waals surface area contributed by atoms with E-state index in [-0.39, 0.29) is 25.0 Å². The fourth-order valence-corrected chi connectivity index (χ4v) is 4.18. The van der Waals surface area contributed by atoms with Crippen molar-refractivity contribution < 1.29 is 19.1 Å². The molecule has 4 rings (SSSR count). The van der Waals surface area contributed by atoms with E-state index in [9.17, 15) is 9.59 Å². The molecule has 0 radical (unpaired) electrons. The number of carbonyl (C=O) groups is 2. The molecule has 0 saturated carbocycles. The summed E-state index contributed by atoms with van der Waals surface area (Å²) < 4.78 is 11.5. The summed E-state index contributed by atoms with van der Waals surface area (Å²) in [6.07, 6.45) is 0. The molecule has 2 aromatic carbocycles. The molecule has 0 aliphatic carbocycles. The van der Waals surface area contributed by atoms with Crippen LogP contribution < -0.4 is 14.5 Å². The van der Waals surface area contributed by atoms with Crippen LogP contribution in [-0.4, -0.2) is 61.8 Å². The van der Waals surface area contributed by atoms with Crippen LogP contribution in [0.25, 0.3) is 0 Å². The summed E-state index contributed by atoms with van der Waals surface area (Å²) in [4.78, 5) is 30.7. The number of hydrogen-bond donors (Lipinski definition) is 0. The maximum Gasteiger partial charge on any atom is 0.261 e. The van der Waals surface area contributed by atoms with Gasteiger partial charge in [-0.2, -0.15) is 0 Å². The molecule has 0 N–H and O–H groups in total. The first-order valence-electron chi connectivity index (χ1n) is 11.2. The molecular weight excluding hydrogens is 406 g/mol. The summed E-state index contributed by atoms with van der Waals surface area (Å²) in [6.45, 7) is 11.0. The van der Waals surface area contributed by atoms with E-state index in [0.29, 0.717) is 36.4 Å². The summed E-state index contributed by atoms with van der Waals surface area (Å²) in [5.74, 6) is 0.298. The van der Waals surface area contributed by atoms with Gasteiger partial charge in [0.25, 0.3) is 11.8 Å². The van der Waals surface area contributed by atoms with Crippen LogP contribution in [0.3, 0.4) is 0 Å². The van der Waals surface area contributed by atoms with Gasteiger partial charge >= 0.3 is 0 Å². The molecule has 2 aliphatic heterocycles. The highest BCUT2D eigenvalue weighted by Gasteiger charge is 2.34. The lowest BCUT2D eigenvalue weighted by Gasteiger charge is -2.27. The van der Waals surface area contributed by atoms with Crippen molar-refractivity contribution in [2.24, 2.45) is 0 Å². The summed E-state index contributed by atoms with van der Waals surface area (Å²) in [5, 5.41) is 0. The van der Waals surface area contributed by atoms with Crippen LogP contribution in [0.4, 0.5) is 11.4 Å². The minimum absolute atomic E-state index is 0.236. The summed E-state index contributed by atoms with van der Waals surface area (Å²) in [7, 11) is 0. The standard InChI is InChI=1S/C25H31N3O4/c1-17(2)27-16-28(18(3)4)23-15-19(9-10-22(23)27)32-14-13-31-12-11-26-24(29)20-7-5-6-8-21(20)25(26)30/h5-10,15,17-18H,11-14,16H2,1-4H3. The van der Waals surface area contributed by atoms with Gasteiger partial charge in [0.05, 0.1) is 48.9 Å². The number of anilines is 2. The molecule has 0 saturated heterocycles. The first-order chi connectivity index (χ1) is 15.4. The smallest absolute Gasteiger partial charge is 0.261 e. The van der Waals surface area contributed by atoms with Crippen molar-refractivity contribution in [3.8, 4) is 5.75 Å². The Morgan fingerprint density at radius 2 is 1.44 bits per heavy atom. The van der Waals surface area contributed by atoms with Crippen LogP contribution in [0.1, 0.15) is 48.4 Å². The second-order valence-corrected chi connectivity index (χ2v) is 8.69. The number of rotatable bonds is 9. The third kappa shape index (κ3) is 4.17. The number of benzene rings is 2. The van der Waals surface area contributed by atoms with E-state index in [0.717, 1.165) is 12.4 Å². The highest BCUT2D eigenvalue weighted by atomic mass is 16.5. The van der Waals surface area contributed by atoms with Crippen molar-refractivity contribution in [2.75, 3.05) is 42.8 Å². The van der Waals surface area contributed by atoms with Crippen molar-refractivity contribution >= 4 is 23.2 Å². The molecule has 2 heterocycles. The molecule has 0 fully saturated rings. The Balaban J connectivity index is 1.25. The lowest BCUT2D eigenvalue weighted by atomic mass is 10.1. The average molecular weight is 438 g/mol. The molecule has 2 aliphatic rings. The lowest BCUT2D eigenvalue weighted by molar-refractivity contribution is 0.0528. The molecule has 2 aromatic rings. The van der Waals surface area contributed by atoms with Crippen molar-refractivity contribution in [3.63, 3.8) is 0 Å². The number of imide groups is 1. The Morgan fingerprint density at radius 3 is 2.06 bits per heavy atom. The zero-order valence-corrected chi connectivity index (χ0v) is 19.2. The molecule has 7 nitrogen and oxygen atoms in total. The van der Waals surface area contributed by atoms with Crippen LogP contribution in [0, 0.1) is 0 Å². The van der Waals surface area contributed by atoms with Crippen LogP contribution in [0.5, 0.6) is 5.75 Å². The average Bonchev–Trinajstić information content (AvgIpc) is 3.27. The Bertz CT molecular complexity index is 969. The maximum atomic E-state index is 12.4. The monoisotopic (exact) mass is 437 g/mol. The second-order valence-electron chi connectivity index (χ2n) is 8.69. The maximum absolute atomic E-state index is 12.4. The van der Waals surface area contributed by atoms with Gasteiger partial charge < -0.3 is 19.3 Å². The zero-order valence-electron chi connectivity index (χ0n) is 19.2. The third-order valence-corrected chi connectivity index (χ3v) is 5.95. The Morgan fingerprint density at radius 1 is 0.812 bits per heavy atom. The molecule has 7 heteroatoms. The minimum Gasteiger partial charge on any atom is -0.491 e. The van der Waals surface area contributed by atoms with Gasteiger partial charge in [0.15, 0.2) is 0 Å². The minimum atomic E-state index is -0.256. The molecule has 2 amide bonds. The van der Waals surface area contributed by atoms with Gasteiger partial charge in [0.1, 0.15) is 12.4 Å². The van der Waals surface area contributed by atoms with E-state index in [4.69, 9.17) is 9.47 Å². The van der Waals surface area contributed by atoms with Gasteiger partial charge in [0, 0.05) is 18.2 Å². The van der Waals surface area contributed by atoms with Crippen LogP contribution >= 0.6 is 0 Å². The number of hydrogen-bond acceptors (Lipinski definition) is 6. The topological polar surface area (TPSA) is 62.3 Å². The zero-order chi connectivity index (χ0) is 22.8. The van der Waals surface area contributed by atoms with E-state index in [2.05, 4.69) is 49.6 Å². The summed E-state index contributed by atoms with van der Waals surface area (Å²) >= 11 is 0. The Kier molecular flexibility index (Phi) is 6.37. The SMILES string of the molecule is CC(C)N1CN(C(C)C)c2cc(OCCOCCN3C(=O)c4ccccc4C3=O)ccc21. The largest absolute Gasteiger partial charge is 0.491 e. The Labute approximate surface area is 189 Å². The molecule has 0 spiro atoms. The number of fused-ring (bicyclic) bond motifs is 2. The van der Waals surface area contributed by atoms with E-state index >= 15 is 0 Å². The van der Waals surface area contributed by atoms with Gasteiger partial charge in [-0.05, 0) is 52.0 Å². The number of ether oxygens (including phenoxy) is 2. The fraction of sp³-hybridized carbons (Fsp3) is 0.440. The van der Waals surface area contributed by atoms with Crippen molar-refractivity contribution in [2.45, 2.75) is 39.8 Å². The van der Waals surface area contributed by atoms with Gasteiger partial charge in [-0.25, -0.2) is 0 Å². The predicted octanol–water partition coefficient (Wildman–Crippen LogP) is 3.78. The van der Waals surface area contributed by atoms with E-state index in [1.807, 2.05) is 6.07 Å². The molecule has 0 atom stereocenters. The number of carbonyl (C=O) groups excluding carboxylic acids is 2. The van der Waals surface area contributed by atoms with E-state index in [1.54, 1.807) is 24.3 Å². The molecule has 32 heavy (non-hydrogen) atoms. The van der Waals surface area contributed by atoms with Gasteiger partial charge in [-0.1, -0.05) is 12.1 Å². The summed E-state index contributed by atoms with van der Waals surface area (Å²) in [6, 6.07) is 13.9. The fourth-order valence-electron chi connectivity index (χ4n) is 4.18. The second kappa shape index (κ2) is 9.20. The first-order valence-corrected chi connectivity index (χ1v) is 11.2. The van der Waals surface area contributed by atoms with Crippen LogP contribution in [0.15, 0.2) is 42.5 Å². The lowest BCUT2D eigenvalue weighted by Crippen LogP contribution is -2.38. The predicted molar refractivity (Wildman–Crippen MR) is 125 cm³/mol. The Hall–Kier alpha value is -3.06. The van der Waals surface area contributed by atoms with Crippen molar-refractivity contribution in [1.29, 1.82) is 0 Å².